The Balaban J connectivity index is 2.19. The van der Waals surface area contributed by atoms with Crippen LogP contribution >= 0.6 is 0 Å². The van der Waals surface area contributed by atoms with Crippen molar-refractivity contribution in [3.8, 4) is 0 Å². The maximum atomic E-state index is 11.2. The zero-order valence-electron chi connectivity index (χ0n) is 7.18. The van der Waals surface area contributed by atoms with Crippen LogP contribution in [0, 0.1) is 11.8 Å². The highest BCUT2D eigenvalue weighted by molar-refractivity contribution is 5.98. The van der Waals surface area contributed by atoms with Gasteiger partial charge in [0.1, 0.15) is 0 Å². The third kappa shape index (κ3) is 1.03. The zero-order chi connectivity index (χ0) is 8.01. The Morgan fingerprint density at radius 2 is 2.00 bits per heavy atom. The van der Waals surface area contributed by atoms with Gasteiger partial charge in [0, 0.05) is 6.42 Å². The van der Waals surface area contributed by atoms with E-state index in [4.69, 9.17) is 0 Å². The second-order valence-electron chi connectivity index (χ2n) is 3.89. The summed E-state index contributed by atoms with van der Waals surface area (Å²) in [5, 5.41) is 0. The minimum atomic E-state index is 0.388. The van der Waals surface area contributed by atoms with Crippen molar-refractivity contribution >= 4 is 5.78 Å². The van der Waals surface area contributed by atoms with Crippen molar-refractivity contribution in [1.29, 1.82) is 0 Å². The van der Waals surface area contributed by atoms with E-state index in [0.29, 0.717) is 5.78 Å². The summed E-state index contributed by atoms with van der Waals surface area (Å²) < 4.78 is 0. The molecular formula is C10H14O. The number of Topliss-reactive ketones (excluding diaryl/α,β-unsaturated/α-hetero) is 1. The van der Waals surface area contributed by atoms with Gasteiger partial charge in [-0.2, -0.15) is 0 Å². The molecule has 0 aromatic carbocycles. The molecule has 0 aliphatic heterocycles. The molecule has 0 radical (unpaired) electrons. The predicted octanol–water partition coefficient (Wildman–Crippen LogP) is 2.32. The fourth-order valence-corrected chi connectivity index (χ4v) is 2.07. The molecule has 2 unspecified atom stereocenters. The van der Waals surface area contributed by atoms with Crippen LogP contribution in [0.15, 0.2) is 11.1 Å². The first-order chi connectivity index (χ1) is 5.20. The average molecular weight is 150 g/mol. The molecule has 0 aromatic heterocycles. The number of hydrogen-bond acceptors (Lipinski definition) is 1. The van der Waals surface area contributed by atoms with Crippen LogP contribution in [0.1, 0.15) is 33.1 Å². The molecule has 2 aliphatic rings. The van der Waals surface area contributed by atoms with Crippen molar-refractivity contribution in [1.82, 2.24) is 0 Å². The second-order valence-corrected chi connectivity index (χ2v) is 3.89. The summed E-state index contributed by atoms with van der Waals surface area (Å²) >= 11 is 0. The lowest BCUT2D eigenvalue weighted by atomic mass is 10.1. The normalized spacial score (nSPS) is 36.7. The third-order valence-electron chi connectivity index (χ3n) is 3.08. The number of rotatable bonds is 1. The Hall–Kier alpha value is -0.590. The molecule has 0 bridgehead atoms. The Morgan fingerprint density at radius 3 is 2.36 bits per heavy atom. The van der Waals surface area contributed by atoms with Crippen molar-refractivity contribution in [2.24, 2.45) is 11.8 Å². The maximum absolute atomic E-state index is 11.2. The minimum Gasteiger partial charge on any atom is -0.295 e. The first-order valence-corrected chi connectivity index (χ1v) is 4.43. The van der Waals surface area contributed by atoms with Gasteiger partial charge in [-0.15, -0.1) is 0 Å². The van der Waals surface area contributed by atoms with Crippen LogP contribution in [0.3, 0.4) is 0 Å². The molecular weight excluding hydrogens is 136 g/mol. The lowest BCUT2D eigenvalue weighted by molar-refractivity contribution is -0.114. The van der Waals surface area contributed by atoms with Gasteiger partial charge in [-0.05, 0) is 37.2 Å². The van der Waals surface area contributed by atoms with Gasteiger partial charge < -0.3 is 0 Å². The minimum absolute atomic E-state index is 0.388. The summed E-state index contributed by atoms with van der Waals surface area (Å²) in [6.45, 7) is 4.27. The quantitative estimate of drug-likeness (QED) is 0.560. The van der Waals surface area contributed by atoms with Crippen LogP contribution < -0.4 is 0 Å². The summed E-state index contributed by atoms with van der Waals surface area (Å²) in [6, 6.07) is 0. The second kappa shape index (κ2) is 2.20. The molecule has 0 aromatic rings. The average Bonchev–Trinajstić information content (AvgIpc) is 2.58. The standard InChI is InChI=1S/C10H14O/c1-6-5-9(6)8-3-4-10(11)7(8)2/h6,9H,3-5H2,1-2H3. The largest absolute Gasteiger partial charge is 0.295 e. The van der Waals surface area contributed by atoms with Crippen molar-refractivity contribution < 1.29 is 4.79 Å². The fourth-order valence-electron chi connectivity index (χ4n) is 2.07. The molecule has 0 N–H and O–H groups in total. The van der Waals surface area contributed by atoms with E-state index in [1.807, 2.05) is 6.92 Å². The molecule has 1 nitrogen and oxygen atoms in total. The van der Waals surface area contributed by atoms with Gasteiger partial charge in [-0.25, -0.2) is 0 Å². The molecule has 2 atom stereocenters. The molecule has 11 heavy (non-hydrogen) atoms. The van der Waals surface area contributed by atoms with Crippen molar-refractivity contribution in [2.45, 2.75) is 33.1 Å². The number of allylic oxidation sites excluding steroid dienone is 2. The van der Waals surface area contributed by atoms with Crippen LogP contribution in [-0.4, -0.2) is 5.78 Å². The van der Waals surface area contributed by atoms with E-state index in [9.17, 15) is 4.79 Å². The van der Waals surface area contributed by atoms with Crippen LogP contribution in [0.4, 0.5) is 0 Å². The van der Waals surface area contributed by atoms with Crippen molar-refractivity contribution in [3.63, 3.8) is 0 Å². The summed E-state index contributed by atoms with van der Waals surface area (Å²) in [5.74, 6) is 2.02. The van der Waals surface area contributed by atoms with Crippen LogP contribution in [0.25, 0.3) is 0 Å². The van der Waals surface area contributed by atoms with E-state index < -0.39 is 0 Å². The lowest BCUT2D eigenvalue weighted by Crippen LogP contribution is -1.91. The van der Waals surface area contributed by atoms with Crippen molar-refractivity contribution in [2.75, 3.05) is 0 Å². The SMILES string of the molecule is CC1=C(C2CC2C)CCC1=O. The number of carbonyl (C=O) groups is 1. The monoisotopic (exact) mass is 150 g/mol. The number of ketones is 1. The van der Waals surface area contributed by atoms with Crippen LogP contribution in [0.5, 0.6) is 0 Å². The third-order valence-corrected chi connectivity index (χ3v) is 3.08. The summed E-state index contributed by atoms with van der Waals surface area (Å²) in [4.78, 5) is 11.2. The Bertz CT molecular complexity index is 237. The molecule has 1 heteroatoms. The number of carbonyl (C=O) groups excluding carboxylic acids is 1. The number of hydrogen-bond donors (Lipinski definition) is 0. The Kier molecular flexibility index (Phi) is 1.41. The fraction of sp³-hybridized carbons (Fsp3) is 0.700. The van der Waals surface area contributed by atoms with Gasteiger partial charge in [-0.1, -0.05) is 12.5 Å². The first kappa shape index (κ1) is 7.08. The molecule has 1 saturated carbocycles. The van der Waals surface area contributed by atoms with E-state index in [1.165, 1.54) is 12.0 Å². The topological polar surface area (TPSA) is 17.1 Å². The first-order valence-electron chi connectivity index (χ1n) is 4.43. The van der Waals surface area contributed by atoms with Crippen LogP contribution in [-0.2, 0) is 4.79 Å². The zero-order valence-corrected chi connectivity index (χ0v) is 7.18. The van der Waals surface area contributed by atoms with Gasteiger partial charge >= 0.3 is 0 Å². The van der Waals surface area contributed by atoms with Gasteiger partial charge in [0.05, 0.1) is 0 Å². The molecule has 2 rings (SSSR count). The van der Waals surface area contributed by atoms with E-state index in [2.05, 4.69) is 6.92 Å². The summed E-state index contributed by atoms with van der Waals surface area (Å²) in [6.07, 6.45) is 3.16. The van der Waals surface area contributed by atoms with Gasteiger partial charge in [0.2, 0.25) is 0 Å². The lowest BCUT2D eigenvalue weighted by Gasteiger charge is -1.98. The molecule has 2 aliphatic carbocycles. The van der Waals surface area contributed by atoms with E-state index in [-0.39, 0.29) is 0 Å². The van der Waals surface area contributed by atoms with E-state index in [1.54, 1.807) is 0 Å². The highest BCUT2D eigenvalue weighted by atomic mass is 16.1. The highest BCUT2D eigenvalue weighted by Gasteiger charge is 2.39. The van der Waals surface area contributed by atoms with Gasteiger partial charge in [0.15, 0.2) is 5.78 Å². The van der Waals surface area contributed by atoms with Crippen molar-refractivity contribution in [3.05, 3.63) is 11.1 Å². The van der Waals surface area contributed by atoms with Crippen LogP contribution in [0.2, 0.25) is 0 Å². The Labute approximate surface area is 67.5 Å². The predicted molar refractivity (Wildman–Crippen MR) is 44.2 cm³/mol. The Morgan fingerprint density at radius 1 is 1.36 bits per heavy atom. The molecule has 0 spiro atoms. The van der Waals surface area contributed by atoms with E-state index in [0.717, 1.165) is 30.3 Å². The van der Waals surface area contributed by atoms with Gasteiger partial charge in [0.25, 0.3) is 0 Å². The maximum Gasteiger partial charge on any atom is 0.158 e. The molecule has 0 amide bonds. The summed E-state index contributed by atoms with van der Waals surface area (Å²) in [5.41, 5.74) is 2.56. The highest BCUT2D eigenvalue weighted by Crippen LogP contribution is 2.48. The van der Waals surface area contributed by atoms with E-state index >= 15 is 0 Å². The molecule has 1 fully saturated rings. The van der Waals surface area contributed by atoms with Gasteiger partial charge in [-0.3, -0.25) is 4.79 Å². The molecule has 0 heterocycles. The summed E-state index contributed by atoms with van der Waals surface area (Å²) in [7, 11) is 0. The molecule has 60 valence electrons. The molecule has 0 saturated heterocycles. The smallest absolute Gasteiger partial charge is 0.158 e.